The fraction of sp³-hybridized carbons (Fsp3) is 0.538. The minimum atomic E-state index is -4.47. The molecule has 1 saturated carbocycles. The van der Waals surface area contributed by atoms with Crippen LogP contribution in [0.3, 0.4) is 0 Å². The van der Waals surface area contributed by atoms with E-state index >= 15 is 0 Å². The summed E-state index contributed by atoms with van der Waals surface area (Å²) in [6.07, 6.45) is 2.20. The van der Waals surface area contributed by atoms with E-state index in [1.807, 2.05) is 24.3 Å². The Morgan fingerprint density at radius 2 is 1.78 bits per heavy atom. The topological polar surface area (TPSA) is 85.7 Å². The van der Waals surface area contributed by atoms with Crippen LogP contribution in [0.4, 0.5) is 30.4 Å². The van der Waals surface area contributed by atoms with Crippen molar-refractivity contribution in [3.8, 4) is 0 Å². The summed E-state index contributed by atoms with van der Waals surface area (Å²) < 4.78 is 44.1. The van der Waals surface area contributed by atoms with Crippen molar-refractivity contribution in [1.82, 2.24) is 14.9 Å². The van der Waals surface area contributed by atoms with Crippen LogP contribution in [-0.4, -0.2) is 58.6 Å². The monoisotopic (exact) mass is 516 g/mol. The zero-order valence-electron chi connectivity index (χ0n) is 21.0. The second-order valence-electron chi connectivity index (χ2n) is 10.2. The number of carbonyl (C=O) groups excluding carboxylic acids is 1. The zero-order chi connectivity index (χ0) is 26.4. The highest BCUT2D eigenvalue weighted by atomic mass is 19.4. The molecular formula is C26H31F3N6O2. The molecule has 2 fully saturated rings. The smallest absolute Gasteiger partial charge is 0.406 e. The zero-order valence-corrected chi connectivity index (χ0v) is 21.0. The first-order valence-corrected chi connectivity index (χ1v) is 12.7. The number of halogens is 3. The van der Waals surface area contributed by atoms with E-state index in [0.29, 0.717) is 11.5 Å². The molecule has 5 rings (SSSR count). The Kier molecular flexibility index (Phi) is 6.49. The lowest BCUT2D eigenvalue weighted by Crippen LogP contribution is -2.43. The molecule has 0 bridgehead atoms. The van der Waals surface area contributed by atoms with E-state index in [1.54, 1.807) is 24.9 Å². The van der Waals surface area contributed by atoms with Gasteiger partial charge in [-0.15, -0.1) is 0 Å². The summed E-state index contributed by atoms with van der Waals surface area (Å²) in [7, 11) is 0. The first kappa shape index (κ1) is 25.3. The van der Waals surface area contributed by atoms with Gasteiger partial charge in [-0.25, -0.2) is 9.97 Å². The van der Waals surface area contributed by atoms with Gasteiger partial charge in [0.2, 0.25) is 5.91 Å². The molecular weight excluding hydrogens is 485 g/mol. The molecule has 3 aliphatic rings. The molecule has 11 heteroatoms. The minimum Gasteiger partial charge on any atom is -0.457 e. The molecule has 1 aliphatic carbocycles. The fourth-order valence-corrected chi connectivity index (χ4v) is 5.12. The summed E-state index contributed by atoms with van der Waals surface area (Å²) in [5.41, 5.74) is 2.00. The average Bonchev–Trinajstić information content (AvgIpc) is 3.64. The average molecular weight is 517 g/mol. The number of amidine groups is 1. The first-order chi connectivity index (χ1) is 17.6. The van der Waals surface area contributed by atoms with E-state index in [1.165, 1.54) is 19.3 Å². The minimum absolute atomic E-state index is 0.0375. The van der Waals surface area contributed by atoms with Gasteiger partial charge in [0.15, 0.2) is 12.4 Å². The lowest BCUT2D eigenvalue weighted by Gasteiger charge is -2.29. The number of ether oxygens (including phenoxy) is 1. The van der Waals surface area contributed by atoms with Gasteiger partial charge in [-0.2, -0.15) is 13.2 Å². The van der Waals surface area contributed by atoms with Crippen molar-refractivity contribution in [2.45, 2.75) is 70.2 Å². The molecule has 0 atom stereocenters. The molecule has 1 spiro atoms. The van der Waals surface area contributed by atoms with Crippen molar-refractivity contribution in [3.05, 3.63) is 41.9 Å². The molecule has 1 aromatic heterocycles. The molecule has 2 aliphatic heterocycles. The van der Waals surface area contributed by atoms with Crippen molar-refractivity contribution >= 4 is 29.1 Å². The summed E-state index contributed by atoms with van der Waals surface area (Å²) in [6, 6.07) is 6.73. The molecule has 3 heterocycles. The summed E-state index contributed by atoms with van der Waals surface area (Å²) in [5.74, 6) is 0.633. The fourth-order valence-electron chi connectivity index (χ4n) is 5.12. The van der Waals surface area contributed by atoms with Gasteiger partial charge in [0.25, 0.3) is 6.02 Å². The van der Waals surface area contributed by atoms with Gasteiger partial charge in [-0.3, -0.25) is 15.1 Å². The summed E-state index contributed by atoms with van der Waals surface area (Å²) in [6.45, 7) is 3.60. The van der Waals surface area contributed by atoms with E-state index in [2.05, 4.69) is 14.9 Å². The second-order valence-corrected chi connectivity index (χ2v) is 10.2. The Labute approximate surface area is 213 Å². The van der Waals surface area contributed by atoms with Crippen molar-refractivity contribution in [1.29, 1.82) is 5.41 Å². The Balaban J connectivity index is 1.35. The number of alkyl halides is 3. The van der Waals surface area contributed by atoms with Gasteiger partial charge in [0, 0.05) is 36.6 Å². The number of aromatic nitrogens is 2. The highest BCUT2D eigenvalue weighted by Gasteiger charge is 2.60. The summed E-state index contributed by atoms with van der Waals surface area (Å²) in [5, 5.41) is 8.02. The number of piperidine rings is 1. The Morgan fingerprint density at radius 3 is 2.38 bits per heavy atom. The Bertz CT molecular complexity index is 1170. The van der Waals surface area contributed by atoms with Crippen LogP contribution in [0.25, 0.3) is 0 Å². The number of carbonyl (C=O) groups is 1. The molecule has 2 aromatic rings. The van der Waals surface area contributed by atoms with Gasteiger partial charge in [-0.1, -0.05) is 0 Å². The quantitative estimate of drug-likeness (QED) is 0.434. The normalized spacial score (nSPS) is 18.4. The van der Waals surface area contributed by atoms with Crippen LogP contribution >= 0.6 is 0 Å². The van der Waals surface area contributed by atoms with Crippen LogP contribution in [-0.2, 0) is 21.6 Å². The number of fused-ring (bicyclic) bond motifs is 2. The number of nitrogens with zero attached hydrogens (tertiary/aromatic N) is 5. The standard InChI is InChI=1S/C26H31F3N6O2/c1-17(2)34(16-26(27,28)29)24(30)37-15-21-31-14-20-22(32-21)35(23(36)25(20)10-11-25)19-8-6-18(7-9-19)33-12-4-3-5-13-33/h6-9,14,17,30H,3-5,10-13,15-16H2,1-2H3. The lowest BCUT2D eigenvalue weighted by atomic mass is 10.0. The van der Waals surface area contributed by atoms with Gasteiger partial charge in [-0.05, 0) is 70.2 Å². The number of rotatable bonds is 6. The van der Waals surface area contributed by atoms with Crippen molar-refractivity contribution in [2.75, 3.05) is 29.4 Å². The summed E-state index contributed by atoms with van der Waals surface area (Å²) in [4.78, 5) is 27.2. The Hall–Kier alpha value is -3.37. The molecule has 0 unspecified atom stereocenters. The summed E-state index contributed by atoms with van der Waals surface area (Å²) >= 11 is 0. The second kappa shape index (κ2) is 9.50. The van der Waals surface area contributed by atoms with Crippen LogP contribution in [0.5, 0.6) is 0 Å². The molecule has 1 amide bonds. The number of anilines is 3. The number of benzene rings is 1. The van der Waals surface area contributed by atoms with Crippen molar-refractivity contribution in [2.24, 2.45) is 0 Å². The van der Waals surface area contributed by atoms with E-state index in [0.717, 1.165) is 42.1 Å². The number of hydrogen-bond acceptors (Lipinski definition) is 6. The van der Waals surface area contributed by atoms with Gasteiger partial charge in [0.1, 0.15) is 12.4 Å². The molecule has 1 saturated heterocycles. The third-order valence-electron chi connectivity index (χ3n) is 7.31. The molecule has 8 nitrogen and oxygen atoms in total. The Morgan fingerprint density at radius 1 is 1.14 bits per heavy atom. The van der Waals surface area contributed by atoms with Crippen LogP contribution in [0, 0.1) is 5.41 Å². The maximum absolute atomic E-state index is 13.5. The third-order valence-corrected chi connectivity index (χ3v) is 7.31. The van der Waals surface area contributed by atoms with Gasteiger partial charge >= 0.3 is 6.18 Å². The predicted molar refractivity (Wildman–Crippen MR) is 133 cm³/mol. The molecule has 198 valence electrons. The highest BCUT2D eigenvalue weighted by molar-refractivity contribution is 6.13. The maximum Gasteiger partial charge on any atom is 0.406 e. The number of hydrogen-bond donors (Lipinski definition) is 1. The van der Waals surface area contributed by atoms with E-state index in [-0.39, 0.29) is 18.3 Å². The van der Waals surface area contributed by atoms with Crippen LogP contribution in [0.2, 0.25) is 0 Å². The molecule has 1 aromatic carbocycles. The predicted octanol–water partition coefficient (Wildman–Crippen LogP) is 4.90. The highest BCUT2D eigenvalue weighted by Crippen LogP contribution is 2.58. The van der Waals surface area contributed by atoms with E-state index < -0.39 is 30.2 Å². The molecule has 0 radical (unpaired) electrons. The molecule has 37 heavy (non-hydrogen) atoms. The van der Waals surface area contributed by atoms with E-state index in [4.69, 9.17) is 10.1 Å². The molecule has 1 N–H and O–H groups in total. The first-order valence-electron chi connectivity index (χ1n) is 12.7. The van der Waals surface area contributed by atoms with Crippen LogP contribution < -0.4 is 9.80 Å². The van der Waals surface area contributed by atoms with Crippen molar-refractivity contribution in [3.63, 3.8) is 0 Å². The van der Waals surface area contributed by atoms with Crippen LogP contribution in [0.15, 0.2) is 30.5 Å². The third kappa shape index (κ3) is 4.95. The largest absolute Gasteiger partial charge is 0.457 e. The van der Waals surface area contributed by atoms with Crippen molar-refractivity contribution < 1.29 is 22.7 Å². The SMILES string of the molecule is CC(C)N(CC(F)(F)F)C(=N)OCc1ncc2c(n1)N(c1ccc(N3CCCCC3)cc1)C(=O)C21CC1. The lowest BCUT2D eigenvalue weighted by molar-refractivity contribution is -0.142. The van der Waals surface area contributed by atoms with Gasteiger partial charge < -0.3 is 14.5 Å². The number of nitrogens with one attached hydrogen (secondary N) is 1. The van der Waals surface area contributed by atoms with E-state index in [9.17, 15) is 18.0 Å². The number of amides is 1. The maximum atomic E-state index is 13.5. The van der Waals surface area contributed by atoms with Crippen LogP contribution in [0.1, 0.15) is 57.3 Å². The van der Waals surface area contributed by atoms with Gasteiger partial charge in [0.05, 0.1) is 11.1 Å².